The van der Waals surface area contributed by atoms with Gasteiger partial charge in [-0.2, -0.15) is 8.42 Å². The van der Waals surface area contributed by atoms with Crippen LogP contribution in [0.3, 0.4) is 0 Å². The monoisotopic (exact) mass is 228 g/mol. The van der Waals surface area contributed by atoms with Gasteiger partial charge in [0.15, 0.2) is 0 Å². The van der Waals surface area contributed by atoms with E-state index in [9.17, 15) is 8.42 Å². The fourth-order valence-electron chi connectivity index (χ4n) is 1.03. The van der Waals surface area contributed by atoms with Crippen molar-refractivity contribution in [1.29, 1.82) is 0 Å². The van der Waals surface area contributed by atoms with Gasteiger partial charge in [-0.05, 0) is 6.42 Å². The lowest BCUT2D eigenvalue weighted by molar-refractivity contribution is -0.354. The molecular formula is C7H16O6S. The summed E-state index contributed by atoms with van der Waals surface area (Å²) in [6.07, 6.45) is 0.407. The zero-order chi connectivity index (χ0) is 11.2. The Labute approximate surface area is 83.9 Å². The first kappa shape index (κ1) is 13.8. The fourth-order valence-corrected chi connectivity index (χ4v) is 1.54. The van der Waals surface area contributed by atoms with E-state index in [0.717, 1.165) is 0 Å². The van der Waals surface area contributed by atoms with Crippen molar-refractivity contribution in [3.05, 3.63) is 0 Å². The molecule has 0 aliphatic heterocycles. The van der Waals surface area contributed by atoms with E-state index >= 15 is 0 Å². The zero-order valence-corrected chi connectivity index (χ0v) is 9.33. The Morgan fingerprint density at radius 1 is 1.14 bits per heavy atom. The van der Waals surface area contributed by atoms with Crippen LogP contribution in [0, 0.1) is 0 Å². The number of hydrogen-bond donors (Lipinski definition) is 1. The van der Waals surface area contributed by atoms with Crippen LogP contribution in [-0.4, -0.2) is 46.0 Å². The summed E-state index contributed by atoms with van der Waals surface area (Å²) in [6, 6.07) is 0. The topological polar surface area (TPSA) is 82.1 Å². The minimum atomic E-state index is -3.94. The van der Waals surface area contributed by atoms with Crippen LogP contribution < -0.4 is 0 Å². The summed E-state index contributed by atoms with van der Waals surface area (Å²) in [4.78, 5) is 0. The summed E-state index contributed by atoms with van der Waals surface area (Å²) in [5, 5.41) is 0. The molecule has 0 aromatic carbocycles. The highest BCUT2D eigenvalue weighted by atomic mass is 32.2. The minimum Gasteiger partial charge on any atom is -0.331 e. The van der Waals surface area contributed by atoms with E-state index in [-0.39, 0.29) is 18.6 Å². The highest BCUT2D eigenvalue weighted by Gasteiger charge is 2.29. The first-order valence-electron chi connectivity index (χ1n) is 4.00. The summed E-state index contributed by atoms with van der Waals surface area (Å²) in [5.41, 5.74) is 0. The molecule has 0 rings (SSSR count). The second kappa shape index (κ2) is 5.62. The largest absolute Gasteiger partial charge is 0.331 e. The van der Waals surface area contributed by atoms with Crippen molar-refractivity contribution in [3.63, 3.8) is 0 Å². The predicted octanol–water partition coefficient (Wildman–Crippen LogP) is 0.247. The van der Waals surface area contributed by atoms with Gasteiger partial charge < -0.3 is 14.2 Å². The average Bonchev–Trinajstić information content (AvgIpc) is 2.11. The molecule has 0 unspecified atom stereocenters. The van der Waals surface area contributed by atoms with Gasteiger partial charge in [0.1, 0.15) is 0 Å². The fraction of sp³-hybridized carbons (Fsp3) is 1.00. The molecule has 7 heteroatoms. The molecule has 6 nitrogen and oxygen atoms in total. The molecular weight excluding hydrogens is 212 g/mol. The number of hydrogen-bond acceptors (Lipinski definition) is 5. The van der Waals surface area contributed by atoms with E-state index in [0.29, 0.717) is 0 Å². The van der Waals surface area contributed by atoms with Crippen LogP contribution in [0.5, 0.6) is 0 Å². The van der Waals surface area contributed by atoms with Gasteiger partial charge in [-0.1, -0.05) is 0 Å². The van der Waals surface area contributed by atoms with Crippen molar-refractivity contribution >= 4 is 10.1 Å². The molecule has 0 radical (unpaired) electrons. The summed E-state index contributed by atoms with van der Waals surface area (Å²) in [6.45, 7) is 0. The van der Waals surface area contributed by atoms with Crippen LogP contribution in [0.25, 0.3) is 0 Å². The Morgan fingerprint density at radius 3 is 1.86 bits per heavy atom. The molecule has 1 N–H and O–H groups in total. The maximum absolute atomic E-state index is 10.4. The molecule has 0 bridgehead atoms. The smallest absolute Gasteiger partial charge is 0.282 e. The van der Waals surface area contributed by atoms with Crippen molar-refractivity contribution < 1.29 is 27.2 Å². The molecule has 0 spiro atoms. The molecule has 0 aromatic rings. The van der Waals surface area contributed by atoms with E-state index in [1.54, 1.807) is 0 Å². The van der Waals surface area contributed by atoms with Gasteiger partial charge in [-0.3, -0.25) is 4.55 Å². The van der Waals surface area contributed by atoms with Gasteiger partial charge in [0.05, 0.1) is 5.75 Å². The van der Waals surface area contributed by atoms with Gasteiger partial charge >= 0.3 is 0 Å². The van der Waals surface area contributed by atoms with Crippen LogP contribution in [0.4, 0.5) is 0 Å². The van der Waals surface area contributed by atoms with Gasteiger partial charge in [-0.25, -0.2) is 0 Å². The maximum atomic E-state index is 10.4. The van der Waals surface area contributed by atoms with E-state index in [4.69, 9.17) is 18.8 Å². The second-order valence-corrected chi connectivity index (χ2v) is 4.26. The van der Waals surface area contributed by atoms with Crippen molar-refractivity contribution in [2.45, 2.75) is 18.8 Å². The highest BCUT2D eigenvalue weighted by molar-refractivity contribution is 7.85. The molecule has 0 heterocycles. The normalized spacial score (nSPS) is 13.1. The molecule has 0 amide bonds. The Morgan fingerprint density at radius 2 is 1.57 bits per heavy atom. The quantitative estimate of drug-likeness (QED) is 0.496. The first-order chi connectivity index (χ1) is 6.39. The molecule has 0 aromatic heterocycles. The summed E-state index contributed by atoms with van der Waals surface area (Å²) < 4.78 is 44.1. The average molecular weight is 228 g/mol. The van der Waals surface area contributed by atoms with Crippen LogP contribution in [0.1, 0.15) is 12.8 Å². The molecule has 0 saturated carbocycles. The lowest BCUT2D eigenvalue weighted by Crippen LogP contribution is -2.36. The van der Waals surface area contributed by atoms with Crippen molar-refractivity contribution in [2.75, 3.05) is 27.1 Å². The third-order valence-corrected chi connectivity index (χ3v) is 2.62. The van der Waals surface area contributed by atoms with Crippen LogP contribution >= 0.6 is 0 Å². The number of methoxy groups -OCH3 is 3. The standard InChI is InChI=1S/C7H16O6S/c1-11-7(12-2,13-3)5-4-6-14(8,9)10/h4-6H2,1-3H3,(H,8,9,10). The van der Waals surface area contributed by atoms with Crippen molar-refractivity contribution in [3.8, 4) is 0 Å². The first-order valence-corrected chi connectivity index (χ1v) is 5.60. The number of rotatable bonds is 7. The SMILES string of the molecule is COC(CCCS(=O)(=O)O)(OC)OC. The van der Waals surface area contributed by atoms with Crippen LogP contribution in [0.2, 0.25) is 0 Å². The van der Waals surface area contributed by atoms with Gasteiger partial charge in [0.25, 0.3) is 16.1 Å². The Bertz CT molecular complexity index is 235. The Hall–Kier alpha value is -0.210. The zero-order valence-electron chi connectivity index (χ0n) is 8.52. The highest BCUT2D eigenvalue weighted by Crippen LogP contribution is 2.19. The van der Waals surface area contributed by atoms with Gasteiger partial charge in [-0.15, -0.1) is 0 Å². The van der Waals surface area contributed by atoms with E-state index < -0.39 is 16.1 Å². The third-order valence-electron chi connectivity index (χ3n) is 1.82. The molecule has 0 saturated heterocycles. The molecule has 0 aliphatic carbocycles. The molecule has 0 fully saturated rings. The lowest BCUT2D eigenvalue weighted by Gasteiger charge is -2.28. The van der Waals surface area contributed by atoms with E-state index in [1.165, 1.54) is 21.3 Å². The van der Waals surface area contributed by atoms with Crippen LogP contribution in [-0.2, 0) is 24.3 Å². The Kier molecular flexibility index (Phi) is 5.53. The van der Waals surface area contributed by atoms with Crippen LogP contribution in [0.15, 0.2) is 0 Å². The minimum absolute atomic E-state index is 0.189. The molecule has 0 atom stereocenters. The summed E-state index contributed by atoms with van der Waals surface area (Å²) >= 11 is 0. The molecule has 0 aliphatic rings. The molecule has 14 heavy (non-hydrogen) atoms. The van der Waals surface area contributed by atoms with E-state index in [2.05, 4.69) is 0 Å². The Balaban J connectivity index is 4.08. The van der Waals surface area contributed by atoms with Crippen molar-refractivity contribution in [1.82, 2.24) is 0 Å². The third kappa shape index (κ3) is 4.87. The second-order valence-electron chi connectivity index (χ2n) is 2.68. The maximum Gasteiger partial charge on any atom is 0.282 e. The van der Waals surface area contributed by atoms with Gasteiger partial charge in [0, 0.05) is 27.8 Å². The summed E-state index contributed by atoms with van der Waals surface area (Å²) in [5.74, 6) is -1.57. The molecule has 86 valence electrons. The van der Waals surface area contributed by atoms with Crippen molar-refractivity contribution in [2.24, 2.45) is 0 Å². The number of ether oxygens (including phenoxy) is 3. The summed E-state index contributed by atoms with van der Waals surface area (Å²) in [7, 11) is 0.230. The lowest BCUT2D eigenvalue weighted by atomic mass is 10.3. The predicted molar refractivity (Wildman–Crippen MR) is 49.4 cm³/mol. The van der Waals surface area contributed by atoms with E-state index in [1.807, 2.05) is 0 Å². The van der Waals surface area contributed by atoms with Gasteiger partial charge in [0.2, 0.25) is 0 Å².